The maximum Gasteiger partial charge on any atom is 0.397 e. The first-order chi connectivity index (χ1) is 13.0. The van der Waals surface area contributed by atoms with E-state index in [1.54, 1.807) is 6.08 Å². The van der Waals surface area contributed by atoms with Gasteiger partial charge < -0.3 is 4.74 Å². The third-order valence-electron chi connectivity index (χ3n) is 5.80. The van der Waals surface area contributed by atoms with Crippen molar-refractivity contribution in [2.24, 2.45) is 11.8 Å². The number of ether oxygens (including phenoxy) is 1. The van der Waals surface area contributed by atoms with Crippen LogP contribution in [0.25, 0.3) is 0 Å². The second kappa shape index (κ2) is 7.69. The van der Waals surface area contributed by atoms with Crippen LogP contribution >= 0.6 is 0 Å². The van der Waals surface area contributed by atoms with Crippen LogP contribution in [-0.2, 0) is 4.74 Å². The third-order valence-corrected chi connectivity index (χ3v) is 5.80. The molecule has 0 bridgehead atoms. The minimum Gasteiger partial charge on any atom is -0.373 e. The first-order valence-electron chi connectivity index (χ1n) is 9.21. The van der Waals surface area contributed by atoms with Crippen LogP contribution in [0.3, 0.4) is 0 Å². The van der Waals surface area contributed by atoms with Gasteiger partial charge in [0.1, 0.15) is 5.92 Å². The van der Waals surface area contributed by atoms with E-state index < -0.39 is 54.5 Å². The fourth-order valence-electron chi connectivity index (χ4n) is 4.17. The van der Waals surface area contributed by atoms with Crippen molar-refractivity contribution < 1.29 is 35.5 Å². The van der Waals surface area contributed by atoms with E-state index in [0.717, 1.165) is 0 Å². The van der Waals surface area contributed by atoms with Gasteiger partial charge in [-0.3, -0.25) is 0 Å². The monoisotopic (exact) mass is 410 g/mol. The Morgan fingerprint density at radius 2 is 1.64 bits per heavy atom. The molecule has 0 spiro atoms. The Morgan fingerprint density at radius 1 is 1.00 bits per heavy atom. The standard InChI is InChI=1S/C20H21F7O/c1-2-11-3-7-15(28-10-11)14-6-5-13(17(21)18(14)22)12-4-8-16(20(25,26)27)19(23,24)9-12/h2,5-6,11-12,15-16H,1,3-4,7-10H2. The van der Waals surface area contributed by atoms with Crippen LogP contribution in [-0.4, -0.2) is 18.7 Å². The van der Waals surface area contributed by atoms with E-state index in [1.807, 2.05) is 0 Å². The smallest absolute Gasteiger partial charge is 0.373 e. The number of hydrogen-bond acceptors (Lipinski definition) is 1. The third kappa shape index (κ3) is 4.07. The molecule has 8 heteroatoms. The van der Waals surface area contributed by atoms with Crippen molar-refractivity contribution in [3.63, 3.8) is 0 Å². The van der Waals surface area contributed by atoms with Crippen molar-refractivity contribution in [2.45, 2.75) is 56.2 Å². The quantitative estimate of drug-likeness (QED) is 0.398. The summed E-state index contributed by atoms with van der Waals surface area (Å²) in [6.07, 6.45) is -5.05. The van der Waals surface area contributed by atoms with E-state index in [4.69, 9.17) is 4.74 Å². The molecule has 0 radical (unpaired) electrons. The number of rotatable bonds is 3. The molecular weight excluding hydrogens is 389 g/mol. The maximum atomic E-state index is 14.6. The van der Waals surface area contributed by atoms with Crippen molar-refractivity contribution >= 4 is 0 Å². The van der Waals surface area contributed by atoms with Crippen molar-refractivity contribution in [2.75, 3.05) is 6.61 Å². The summed E-state index contributed by atoms with van der Waals surface area (Å²) in [4.78, 5) is 0. The average Bonchev–Trinajstić information content (AvgIpc) is 2.62. The SMILES string of the molecule is C=CC1CCC(c2ccc(C3CCC(C(F)(F)F)C(F)(F)C3)c(F)c2F)OC1. The van der Waals surface area contributed by atoms with Crippen LogP contribution in [0, 0.1) is 23.5 Å². The molecule has 4 unspecified atom stereocenters. The fraction of sp³-hybridized carbons (Fsp3) is 0.600. The van der Waals surface area contributed by atoms with Crippen LogP contribution < -0.4 is 0 Å². The van der Waals surface area contributed by atoms with Gasteiger partial charge in [0.2, 0.25) is 0 Å². The van der Waals surface area contributed by atoms with Gasteiger partial charge in [-0.25, -0.2) is 17.6 Å². The zero-order valence-electron chi connectivity index (χ0n) is 15.0. The van der Waals surface area contributed by atoms with Crippen LogP contribution in [0.5, 0.6) is 0 Å². The highest BCUT2D eigenvalue weighted by Gasteiger charge is 2.58. The molecular formula is C20H21F7O. The molecule has 0 N–H and O–H groups in total. The lowest BCUT2D eigenvalue weighted by molar-refractivity contribution is -0.253. The Bertz CT molecular complexity index is 720. The van der Waals surface area contributed by atoms with Gasteiger partial charge in [-0.1, -0.05) is 18.2 Å². The zero-order valence-corrected chi connectivity index (χ0v) is 15.0. The summed E-state index contributed by atoms with van der Waals surface area (Å²) in [5.74, 6) is -10.3. The molecule has 0 amide bonds. The minimum atomic E-state index is -5.02. The molecule has 1 aliphatic heterocycles. The normalized spacial score (nSPS) is 30.8. The van der Waals surface area contributed by atoms with Gasteiger partial charge in [0.15, 0.2) is 11.6 Å². The highest BCUT2D eigenvalue weighted by atomic mass is 19.4. The zero-order chi connectivity index (χ0) is 20.7. The van der Waals surface area contributed by atoms with Gasteiger partial charge in [0, 0.05) is 17.9 Å². The summed E-state index contributed by atoms with van der Waals surface area (Å²) in [6.45, 7) is 3.99. The Labute approximate surface area is 158 Å². The van der Waals surface area contributed by atoms with Gasteiger partial charge in [0.25, 0.3) is 5.92 Å². The minimum absolute atomic E-state index is 0.000463. The molecule has 28 heavy (non-hydrogen) atoms. The summed E-state index contributed by atoms with van der Waals surface area (Å²) >= 11 is 0. The van der Waals surface area contributed by atoms with Gasteiger partial charge in [-0.15, -0.1) is 6.58 Å². The molecule has 1 saturated heterocycles. The van der Waals surface area contributed by atoms with Gasteiger partial charge in [-0.2, -0.15) is 13.2 Å². The molecule has 1 aliphatic carbocycles. The van der Waals surface area contributed by atoms with Gasteiger partial charge >= 0.3 is 6.18 Å². The van der Waals surface area contributed by atoms with Crippen LogP contribution in [0.2, 0.25) is 0 Å². The van der Waals surface area contributed by atoms with Crippen molar-refractivity contribution in [1.82, 2.24) is 0 Å². The Morgan fingerprint density at radius 3 is 2.18 bits per heavy atom. The molecule has 0 aromatic heterocycles. The molecule has 1 nitrogen and oxygen atoms in total. The average molecular weight is 410 g/mol. The van der Waals surface area contributed by atoms with E-state index in [9.17, 15) is 30.7 Å². The van der Waals surface area contributed by atoms with E-state index in [0.29, 0.717) is 19.4 Å². The van der Waals surface area contributed by atoms with Crippen LogP contribution in [0.4, 0.5) is 30.7 Å². The van der Waals surface area contributed by atoms with Crippen molar-refractivity contribution in [3.05, 3.63) is 47.5 Å². The van der Waals surface area contributed by atoms with Crippen LogP contribution in [0.15, 0.2) is 24.8 Å². The number of hydrogen-bond donors (Lipinski definition) is 0. The summed E-state index contributed by atoms with van der Waals surface area (Å²) in [5, 5.41) is 0. The lowest BCUT2D eigenvalue weighted by atomic mass is 9.75. The lowest BCUT2D eigenvalue weighted by Gasteiger charge is -2.37. The van der Waals surface area contributed by atoms with Crippen molar-refractivity contribution in [1.29, 1.82) is 0 Å². The first kappa shape index (κ1) is 21.1. The Kier molecular flexibility index (Phi) is 5.81. The van der Waals surface area contributed by atoms with Crippen LogP contribution in [0.1, 0.15) is 55.3 Å². The van der Waals surface area contributed by atoms with Crippen molar-refractivity contribution in [3.8, 4) is 0 Å². The fourth-order valence-corrected chi connectivity index (χ4v) is 4.17. The predicted molar refractivity (Wildman–Crippen MR) is 89.1 cm³/mol. The largest absolute Gasteiger partial charge is 0.397 e. The molecule has 156 valence electrons. The van der Waals surface area contributed by atoms with E-state index >= 15 is 0 Å². The number of halogens is 7. The molecule has 1 saturated carbocycles. The Balaban J connectivity index is 1.79. The molecule has 1 aromatic rings. The maximum absolute atomic E-state index is 14.6. The summed E-state index contributed by atoms with van der Waals surface area (Å²) < 4.78 is 101. The van der Waals surface area contributed by atoms with E-state index in [1.165, 1.54) is 12.1 Å². The first-order valence-corrected chi connectivity index (χ1v) is 9.21. The van der Waals surface area contributed by atoms with Gasteiger partial charge in [-0.05, 0) is 37.2 Å². The molecule has 1 heterocycles. The van der Waals surface area contributed by atoms with Gasteiger partial charge in [0.05, 0.1) is 12.7 Å². The summed E-state index contributed by atoms with van der Waals surface area (Å²) in [7, 11) is 0. The highest BCUT2D eigenvalue weighted by Crippen LogP contribution is 2.52. The second-order valence-corrected chi connectivity index (χ2v) is 7.60. The molecule has 1 aromatic carbocycles. The number of benzene rings is 1. The van der Waals surface area contributed by atoms with E-state index in [-0.39, 0.29) is 23.5 Å². The molecule has 2 aliphatic rings. The van der Waals surface area contributed by atoms with E-state index in [2.05, 4.69) is 6.58 Å². The highest BCUT2D eigenvalue weighted by molar-refractivity contribution is 5.31. The summed E-state index contributed by atoms with van der Waals surface area (Å²) in [6, 6.07) is 2.49. The predicted octanol–water partition coefficient (Wildman–Crippen LogP) is 6.70. The lowest BCUT2D eigenvalue weighted by Crippen LogP contribution is -2.43. The molecule has 3 rings (SSSR count). The summed E-state index contributed by atoms with van der Waals surface area (Å²) in [5.41, 5.74) is -0.305. The second-order valence-electron chi connectivity index (χ2n) is 7.60. The topological polar surface area (TPSA) is 9.23 Å². The number of alkyl halides is 5. The Hall–Kier alpha value is -1.57. The molecule has 2 fully saturated rings. The molecule has 4 atom stereocenters.